The standard InChI is InChI=1S/C26H32F2N2O/c1-18(2)29-19(3)22-6-4-20(5-7-22)15-30-11-10-23-12-25(9-8-24(23)16-30)31-17-21-13-26(27,28)14-21/h4-9,12,19,21,29H,1,10-11,13-17H2,2-3H3. The molecule has 0 saturated heterocycles. The van der Waals surface area contributed by atoms with E-state index in [1.807, 2.05) is 13.0 Å². The highest BCUT2D eigenvalue weighted by Crippen LogP contribution is 2.42. The van der Waals surface area contributed by atoms with Crippen LogP contribution in [0.5, 0.6) is 5.75 Å². The molecule has 3 nitrogen and oxygen atoms in total. The molecular formula is C26H32F2N2O. The second-order valence-electron chi connectivity index (χ2n) is 9.22. The molecule has 1 heterocycles. The molecule has 0 spiro atoms. The zero-order chi connectivity index (χ0) is 22.0. The van der Waals surface area contributed by atoms with E-state index in [0.29, 0.717) is 6.61 Å². The van der Waals surface area contributed by atoms with Crippen LogP contribution >= 0.6 is 0 Å². The van der Waals surface area contributed by atoms with Gasteiger partial charge in [-0.05, 0) is 54.7 Å². The molecule has 1 saturated carbocycles. The maximum absolute atomic E-state index is 13.0. The van der Waals surface area contributed by atoms with Gasteiger partial charge in [0.1, 0.15) is 5.75 Å². The summed E-state index contributed by atoms with van der Waals surface area (Å²) in [6, 6.07) is 15.2. The minimum absolute atomic E-state index is 0.0209. The molecule has 2 aromatic rings. The summed E-state index contributed by atoms with van der Waals surface area (Å²) in [6.45, 7) is 11.3. The predicted molar refractivity (Wildman–Crippen MR) is 120 cm³/mol. The number of fused-ring (bicyclic) bond motifs is 1. The SMILES string of the molecule is C=C(C)NC(C)c1ccc(CN2CCc3cc(OCC4CC(F)(F)C4)ccc3C2)cc1. The number of benzene rings is 2. The summed E-state index contributed by atoms with van der Waals surface area (Å²) in [6.07, 6.45) is 0.889. The summed E-state index contributed by atoms with van der Waals surface area (Å²) in [7, 11) is 0. The van der Waals surface area contributed by atoms with E-state index in [0.717, 1.165) is 37.5 Å². The smallest absolute Gasteiger partial charge is 0.248 e. The molecule has 0 bridgehead atoms. The fourth-order valence-corrected chi connectivity index (χ4v) is 4.55. The zero-order valence-electron chi connectivity index (χ0n) is 18.5. The largest absolute Gasteiger partial charge is 0.493 e. The predicted octanol–water partition coefficient (Wildman–Crippen LogP) is 5.85. The van der Waals surface area contributed by atoms with Crippen molar-refractivity contribution in [3.8, 4) is 5.75 Å². The van der Waals surface area contributed by atoms with Crippen LogP contribution in [-0.2, 0) is 19.5 Å². The van der Waals surface area contributed by atoms with Gasteiger partial charge >= 0.3 is 0 Å². The Morgan fingerprint density at radius 2 is 1.94 bits per heavy atom. The molecule has 1 N–H and O–H groups in total. The molecule has 1 aliphatic heterocycles. The molecule has 166 valence electrons. The van der Waals surface area contributed by atoms with E-state index in [9.17, 15) is 8.78 Å². The second-order valence-corrected chi connectivity index (χ2v) is 9.22. The maximum atomic E-state index is 13.0. The van der Waals surface area contributed by atoms with Gasteiger partial charge in [-0.15, -0.1) is 0 Å². The normalized spacial score (nSPS) is 19.2. The number of hydrogen-bond donors (Lipinski definition) is 1. The summed E-state index contributed by atoms with van der Waals surface area (Å²) >= 11 is 0. The van der Waals surface area contributed by atoms with E-state index >= 15 is 0 Å². The molecular weight excluding hydrogens is 394 g/mol. The lowest BCUT2D eigenvalue weighted by Gasteiger charge is -2.34. The van der Waals surface area contributed by atoms with Gasteiger partial charge in [0.05, 0.1) is 6.61 Å². The van der Waals surface area contributed by atoms with Crippen molar-refractivity contribution < 1.29 is 13.5 Å². The minimum Gasteiger partial charge on any atom is -0.493 e. The molecule has 5 heteroatoms. The van der Waals surface area contributed by atoms with Crippen molar-refractivity contribution in [3.63, 3.8) is 0 Å². The van der Waals surface area contributed by atoms with Gasteiger partial charge in [0.2, 0.25) is 5.92 Å². The number of hydrogen-bond acceptors (Lipinski definition) is 3. The second kappa shape index (κ2) is 8.99. The average molecular weight is 427 g/mol. The maximum Gasteiger partial charge on any atom is 0.248 e. The third kappa shape index (κ3) is 5.65. The molecule has 4 rings (SSSR count). The number of alkyl halides is 2. The molecule has 1 aliphatic carbocycles. The Hall–Kier alpha value is -2.40. The molecule has 0 amide bonds. The molecule has 0 radical (unpaired) electrons. The van der Waals surface area contributed by atoms with Crippen LogP contribution in [0.2, 0.25) is 0 Å². The van der Waals surface area contributed by atoms with Crippen molar-refractivity contribution >= 4 is 0 Å². The lowest BCUT2D eigenvalue weighted by atomic mass is 9.82. The van der Waals surface area contributed by atoms with Crippen LogP contribution in [0.25, 0.3) is 0 Å². The first kappa shape index (κ1) is 21.8. The summed E-state index contributed by atoms with van der Waals surface area (Å²) in [5.74, 6) is -1.70. The first-order chi connectivity index (χ1) is 14.8. The first-order valence-electron chi connectivity index (χ1n) is 11.1. The summed E-state index contributed by atoms with van der Waals surface area (Å²) < 4.78 is 31.7. The Balaban J connectivity index is 1.29. The van der Waals surface area contributed by atoms with Crippen LogP contribution in [0, 0.1) is 5.92 Å². The molecule has 1 fully saturated rings. The minimum atomic E-state index is -2.48. The van der Waals surface area contributed by atoms with Crippen LogP contribution in [0.1, 0.15) is 55.0 Å². The molecule has 2 aromatic carbocycles. The molecule has 0 aromatic heterocycles. The first-order valence-corrected chi connectivity index (χ1v) is 11.1. The van der Waals surface area contributed by atoms with Crippen LogP contribution in [0.15, 0.2) is 54.7 Å². The summed E-state index contributed by atoms with van der Waals surface area (Å²) in [5, 5.41) is 3.35. The van der Waals surface area contributed by atoms with E-state index in [-0.39, 0.29) is 24.8 Å². The Kier molecular flexibility index (Phi) is 6.33. The van der Waals surface area contributed by atoms with E-state index < -0.39 is 5.92 Å². The number of allylic oxidation sites excluding steroid dienone is 1. The van der Waals surface area contributed by atoms with Gasteiger partial charge in [-0.25, -0.2) is 8.78 Å². The Morgan fingerprint density at radius 3 is 2.61 bits per heavy atom. The molecule has 31 heavy (non-hydrogen) atoms. The highest BCUT2D eigenvalue weighted by Gasteiger charge is 2.45. The lowest BCUT2D eigenvalue weighted by Crippen LogP contribution is -2.38. The summed E-state index contributed by atoms with van der Waals surface area (Å²) in [5.41, 5.74) is 6.18. The van der Waals surface area contributed by atoms with Crippen molar-refractivity contribution in [2.45, 2.75) is 58.2 Å². The number of rotatable bonds is 8. The third-order valence-electron chi connectivity index (χ3n) is 6.28. The van der Waals surface area contributed by atoms with Gasteiger partial charge < -0.3 is 10.1 Å². The van der Waals surface area contributed by atoms with Gasteiger partial charge in [0, 0.05) is 50.1 Å². The fourth-order valence-electron chi connectivity index (χ4n) is 4.55. The number of ether oxygens (including phenoxy) is 1. The molecule has 1 unspecified atom stereocenters. The van der Waals surface area contributed by atoms with Crippen molar-refractivity contribution in [1.29, 1.82) is 0 Å². The van der Waals surface area contributed by atoms with Gasteiger partial charge in [0.15, 0.2) is 0 Å². The average Bonchev–Trinajstić information content (AvgIpc) is 2.70. The van der Waals surface area contributed by atoms with E-state index in [1.54, 1.807) is 0 Å². The zero-order valence-corrected chi connectivity index (χ0v) is 18.5. The van der Waals surface area contributed by atoms with Crippen molar-refractivity contribution in [3.05, 3.63) is 77.0 Å². The van der Waals surface area contributed by atoms with E-state index in [1.165, 1.54) is 22.3 Å². The van der Waals surface area contributed by atoms with Crippen molar-refractivity contribution in [2.75, 3.05) is 13.2 Å². The van der Waals surface area contributed by atoms with E-state index in [2.05, 4.69) is 60.1 Å². The van der Waals surface area contributed by atoms with Gasteiger partial charge in [-0.2, -0.15) is 0 Å². The Labute approximate surface area is 184 Å². The number of nitrogens with one attached hydrogen (secondary N) is 1. The number of nitrogens with zero attached hydrogens (tertiary/aromatic N) is 1. The van der Waals surface area contributed by atoms with Crippen molar-refractivity contribution in [1.82, 2.24) is 10.2 Å². The fraction of sp³-hybridized carbons (Fsp3) is 0.462. The highest BCUT2D eigenvalue weighted by atomic mass is 19.3. The Bertz CT molecular complexity index is 918. The van der Waals surface area contributed by atoms with Crippen LogP contribution in [0.3, 0.4) is 0 Å². The summed E-state index contributed by atoms with van der Waals surface area (Å²) in [4.78, 5) is 2.46. The van der Waals surface area contributed by atoms with Crippen molar-refractivity contribution in [2.24, 2.45) is 5.92 Å². The Morgan fingerprint density at radius 1 is 1.19 bits per heavy atom. The van der Waals surface area contributed by atoms with Crippen LogP contribution in [-0.4, -0.2) is 24.0 Å². The number of halogens is 2. The highest BCUT2D eigenvalue weighted by molar-refractivity contribution is 5.37. The van der Waals surface area contributed by atoms with Gasteiger partial charge in [-0.1, -0.05) is 36.9 Å². The lowest BCUT2D eigenvalue weighted by molar-refractivity contribution is -0.119. The third-order valence-corrected chi connectivity index (χ3v) is 6.28. The monoisotopic (exact) mass is 426 g/mol. The van der Waals surface area contributed by atoms with E-state index in [4.69, 9.17) is 4.74 Å². The van der Waals surface area contributed by atoms with Gasteiger partial charge in [0.25, 0.3) is 0 Å². The van der Waals surface area contributed by atoms with Crippen LogP contribution in [0.4, 0.5) is 8.78 Å². The topological polar surface area (TPSA) is 24.5 Å². The van der Waals surface area contributed by atoms with Gasteiger partial charge in [-0.3, -0.25) is 4.90 Å². The molecule has 1 atom stereocenters. The molecule has 2 aliphatic rings. The van der Waals surface area contributed by atoms with Crippen LogP contribution < -0.4 is 10.1 Å². The quantitative estimate of drug-likeness (QED) is 0.573.